The molecule has 0 aromatic heterocycles. The molecule has 0 aliphatic heterocycles. The molecule has 0 aromatic carbocycles. The van der Waals surface area contributed by atoms with Gasteiger partial charge in [-0.3, -0.25) is 14.4 Å². The lowest BCUT2D eigenvalue weighted by atomic mass is 10.0. The second-order valence-corrected chi connectivity index (χ2v) is 8.57. The van der Waals surface area contributed by atoms with Gasteiger partial charge in [0.15, 0.2) is 5.78 Å². The molecule has 0 aliphatic carbocycles. The molecule has 2 atom stereocenters. The van der Waals surface area contributed by atoms with Gasteiger partial charge in [-0.1, -0.05) is 45.2 Å². The predicted octanol–water partition coefficient (Wildman–Crippen LogP) is 2.14. The number of urea groups is 1. The lowest BCUT2D eigenvalue weighted by Crippen LogP contribution is -2.45. The third-order valence-corrected chi connectivity index (χ3v) is 5.97. The van der Waals surface area contributed by atoms with E-state index < -0.39 is 18.0 Å². The minimum Gasteiger partial charge on any atom is -0.374 e. The lowest BCUT2D eigenvalue weighted by Gasteiger charge is -2.19. The number of hydrogen-bond acceptors (Lipinski definition) is 5. The van der Waals surface area contributed by atoms with Crippen LogP contribution in [0.5, 0.6) is 0 Å². The Kier molecular flexibility index (Phi) is 17.7. The van der Waals surface area contributed by atoms with Crippen LogP contribution in [-0.4, -0.2) is 65.6 Å². The third-order valence-electron chi connectivity index (χ3n) is 4.52. The topological polar surface area (TPSA) is 140 Å². The molecule has 1 unspecified atom stereocenters. The highest BCUT2D eigenvalue weighted by Gasteiger charge is 2.19. The number of ether oxygens (including phenoxy) is 1. The number of ketones is 1. The number of carbonyl (C=O) groups is 4. The SMILES string of the molecule is CCC(=O)[C@H](CCCNC(N)=O)NC(=O)CNC(=O)CCCCC(C)OC(CBr)CBr. The molecule has 0 saturated heterocycles. The molecule has 180 valence electrons. The van der Waals surface area contributed by atoms with Crippen molar-refractivity contribution in [3.05, 3.63) is 0 Å². The highest BCUT2D eigenvalue weighted by atomic mass is 79.9. The molecule has 0 heterocycles. The van der Waals surface area contributed by atoms with Gasteiger partial charge in [-0.15, -0.1) is 0 Å². The Hall–Kier alpha value is -1.20. The van der Waals surface area contributed by atoms with E-state index >= 15 is 0 Å². The van der Waals surface area contributed by atoms with Crippen LogP contribution in [0.15, 0.2) is 0 Å². The molecule has 0 aliphatic rings. The minimum atomic E-state index is -0.645. The molecular weight excluding hydrogens is 536 g/mol. The number of unbranched alkanes of at least 4 members (excludes halogenated alkanes) is 1. The Balaban J connectivity index is 4.11. The van der Waals surface area contributed by atoms with Crippen molar-refractivity contribution < 1.29 is 23.9 Å². The maximum absolute atomic E-state index is 12.1. The van der Waals surface area contributed by atoms with Crippen molar-refractivity contribution in [2.75, 3.05) is 23.7 Å². The quantitative estimate of drug-likeness (QED) is 0.147. The van der Waals surface area contributed by atoms with Gasteiger partial charge in [0.1, 0.15) is 0 Å². The largest absolute Gasteiger partial charge is 0.374 e. The highest BCUT2D eigenvalue weighted by Crippen LogP contribution is 2.11. The van der Waals surface area contributed by atoms with Crippen molar-refractivity contribution in [2.45, 2.75) is 77.0 Å². The van der Waals surface area contributed by atoms with E-state index in [1.54, 1.807) is 6.92 Å². The first-order valence-electron chi connectivity index (χ1n) is 10.6. The second-order valence-electron chi connectivity index (χ2n) is 7.27. The summed E-state index contributed by atoms with van der Waals surface area (Å²) in [6, 6.07) is -1.28. The Morgan fingerprint density at radius 1 is 0.968 bits per heavy atom. The van der Waals surface area contributed by atoms with E-state index in [0.29, 0.717) is 32.2 Å². The Morgan fingerprint density at radius 3 is 2.23 bits per heavy atom. The number of halogens is 2. The summed E-state index contributed by atoms with van der Waals surface area (Å²) in [7, 11) is 0. The molecule has 5 N–H and O–H groups in total. The second kappa shape index (κ2) is 18.4. The lowest BCUT2D eigenvalue weighted by molar-refractivity contribution is -0.129. The number of carbonyl (C=O) groups excluding carboxylic acids is 4. The summed E-state index contributed by atoms with van der Waals surface area (Å²) in [5, 5.41) is 9.21. The number of nitrogens with one attached hydrogen (secondary N) is 3. The molecule has 4 amide bonds. The fourth-order valence-corrected chi connectivity index (χ4v) is 4.20. The Bertz CT molecular complexity index is 562. The fraction of sp³-hybridized carbons (Fsp3) is 0.800. The van der Waals surface area contributed by atoms with Crippen molar-refractivity contribution >= 4 is 55.5 Å². The Morgan fingerprint density at radius 2 is 1.65 bits per heavy atom. The fourth-order valence-electron chi connectivity index (χ4n) is 2.82. The number of primary amides is 1. The van der Waals surface area contributed by atoms with Gasteiger partial charge in [0.2, 0.25) is 11.8 Å². The average molecular weight is 572 g/mol. The number of nitrogens with two attached hydrogens (primary N) is 1. The molecule has 0 fully saturated rings. The molecule has 31 heavy (non-hydrogen) atoms. The van der Waals surface area contributed by atoms with Crippen LogP contribution in [0.25, 0.3) is 0 Å². The van der Waals surface area contributed by atoms with Crippen LogP contribution >= 0.6 is 31.9 Å². The smallest absolute Gasteiger partial charge is 0.312 e. The van der Waals surface area contributed by atoms with E-state index in [2.05, 4.69) is 47.8 Å². The van der Waals surface area contributed by atoms with Crippen LogP contribution in [-0.2, 0) is 19.1 Å². The van der Waals surface area contributed by atoms with E-state index in [1.807, 2.05) is 6.92 Å². The summed E-state index contributed by atoms with van der Waals surface area (Å²) in [5.41, 5.74) is 5.00. The van der Waals surface area contributed by atoms with Crippen LogP contribution in [0.3, 0.4) is 0 Å². The van der Waals surface area contributed by atoms with Crippen LogP contribution in [0.2, 0.25) is 0 Å². The molecule has 9 nitrogen and oxygen atoms in total. The van der Waals surface area contributed by atoms with Crippen LogP contribution < -0.4 is 21.7 Å². The van der Waals surface area contributed by atoms with Gasteiger partial charge in [-0.2, -0.15) is 0 Å². The molecule has 0 bridgehead atoms. The van der Waals surface area contributed by atoms with Gasteiger partial charge in [0.05, 0.1) is 24.8 Å². The van der Waals surface area contributed by atoms with Crippen molar-refractivity contribution in [3.63, 3.8) is 0 Å². The normalized spacial score (nSPS) is 12.8. The van der Waals surface area contributed by atoms with Gasteiger partial charge in [-0.05, 0) is 32.6 Å². The molecular formula is C20H36Br2N4O5. The molecule has 0 aromatic rings. The van der Waals surface area contributed by atoms with E-state index in [4.69, 9.17) is 10.5 Å². The Labute approximate surface area is 201 Å². The number of alkyl halides is 2. The van der Waals surface area contributed by atoms with Crippen molar-refractivity contribution in [1.82, 2.24) is 16.0 Å². The van der Waals surface area contributed by atoms with Crippen LogP contribution in [0.4, 0.5) is 4.79 Å². The first-order chi connectivity index (χ1) is 14.7. The van der Waals surface area contributed by atoms with Crippen LogP contribution in [0.1, 0.15) is 58.8 Å². The summed E-state index contributed by atoms with van der Waals surface area (Å²) in [6.07, 6.45) is 4.15. The number of hydrogen-bond donors (Lipinski definition) is 4. The summed E-state index contributed by atoms with van der Waals surface area (Å²) in [6.45, 7) is 3.88. The van der Waals surface area contributed by atoms with E-state index in [9.17, 15) is 19.2 Å². The van der Waals surface area contributed by atoms with Gasteiger partial charge < -0.3 is 26.4 Å². The van der Waals surface area contributed by atoms with Crippen LogP contribution in [0, 0.1) is 0 Å². The van der Waals surface area contributed by atoms with E-state index in [-0.39, 0.29) is 36.9 Å². The minimum absolute atomic E-state index is 0.0999. The average Bonchev–Trinajstić information content (AvgIpc) is 2.74. The summed E-state index contributed by atoms with van der Waals surface area (Å²) >= 11 is 6.81. The first-order valence-corrected chi connectivity index (χ1v) is 12.9. The van der Waals surface area contributed by atoms with Gasteiger partial charge in [0, 0.05) is 30.0 Å². The molecule has 0 spiro atoms. The van der Waals surface area contributed by atoms with E-state index in [1.165, 1.54) is 0 Å². The molecule has 0 rings (SSSR count). The molecule has 11 heteroatoms. The summed E-state index contributed by atoms with van der Waals surface area (Å²) in [4.78, 5) is 46.8. The molecule has 0 saturated carbocycles. The zero-order valence-electron chi connectivity index (χ0n) is 18.4. The molecule has 0 radical (unpaired) electrons. The zero-order valence-corrected chi connectivity index (χ0v) is 21.6. The first kappa shape index (κ1) is 29.8. The monoisotopic (exact) mass is 570 g/mol. The number of rotatable bonds is 18. The predicted molar refractivity (Wildman–Crippen MR) is 127 cm³/mol. The van der Waals surface area contributed by atoms with Crippen molar-refractivity contribution in [1.29, 1.82) is 0 Å². The van der Waals surface area contributed by atoms with Crippen molar-refractivity contribution in [2.24, 2.45) is 5.73 Å². The summed E-state index contributed by atoms with van der Waals surface area (Å²) < 4.78 is 5.85. The maximum atomic E-state index is 12.1. The third kappa shape index (κ3) is 16.1. The van der Waals surface area contributed by atoms with E-state index in [0.717, 1.165) is 23.5 Å². The van der Waals surface area contributed by atoms with Gasteiger partial charge >= 0.3 is 6.03 Å². The number of amides is 4. The summed E-state index contributed by atoms with van der Waals surface area (Å²) in [5.74, 6) is -0.718. The van der Waals surface area contributed by atoms with Gasteiger partial charge in [0.25, 0.3) is 0 Å². The van der Waals surface area contributed by atoms with Gasteiger partial charge in [-0.25, -0.2) is 4.79 Å². The highest BCUT2D eigenvalue weighted by molar-refractivity contribution is 9.09. The maximum Gasteiger partial charge on any atom is 0.312 e. The van der Waals surface area contributed by atoms with Crippen molar-refractivity contribution in [3.8, 4) is 0 Å². The standard InChI is InChI=1S/C20H36Br2N4O5/c1-3-17(27)16(8-6-10-24-20(23)30)26-19(29)13-25-18(28)9-5-4-7-14(2)31-15(11-21)12-22/h14-16H,3-13H2,1-2H3,(H,25,28)(H,26,29)(H3,23,24,30)/t14?,16-/m0/s1. The zero-order chi connectivity index (χ0) is 23.6. The number of Topliss-reactive ketones (excluding diaryl/α,β-unsaturated/α-hetero) is 1.